The second-order valence-electron chi connectivity index (χ2n) is 4.78. The van der Waals surface area contributed by atoms with Crippen molar-refractivity contribution in [3.05, 3.63) is 47.7 Å². The molecule has 1 aromatic carbocycles. The normalized spacial score (nSPS) is 11.1. The summed E-state index contributed by atoms with van der Waals surface area (Å²) in [6.07, 6.45) is 1.97. The van der Waals surface area contributed by atoms with Crippen LogP contribution in [0.25, 0.3) is 11.3 Å². The van der Waals surface area contributed by atoms with Crippen LogP contribution in [0.1, 0.15) is 25.0 Å². The van der Waals surface area contributed by atoms with E-state index < -0.39 is 0 Å². The zero-order valence-electron chi connectivity index (χ0n) is 10.7. The smallest absolute Gasteiger partial charge is 0.0457 e. The molecule has 17 heavy (non-hydrogen) atoms. The fraction of sp³-hybridized carbons (Fsp3) is 0.333. The Morgan fingerprint density at radius 2 is 2.06 bits per heavy atom. The Hall–Kier alpha value is -1.54. The van der Waals surface area contributed by atoms with Crippen molar-refractivity contribution in [2.45, 2.75) is 33.4 Å². The second-order valence-corrected chi connectivity index (χ2v) is 4.78. The molecule has 2 rings (SSSR count). The van der Waals surface area contributed by atoms with E-state index in [9.17, 15) is 0 Å². The molecule has 0 spiro atoms. The highest BCUT2D eigenvalue weighted by Gasteiger charge is 2.06. The van der Waals surface area contributed by atoms with Gasteiger partial charge in [-0.25, -0.2) is 0 Å². The molecular formula is C15H20N2. The van der Waals surface area contributed by atoms with Crippen LogP contribution in [0.2, 0.25) is 0 Å². The van der Waals surface area contributed by atoms with E-state index in [0.717, 1.165) is 6.54 Å². The average Bonchev–Trinajstić information content (AvgIpc) is 2.80. The summed E-state index contributed by atoms with van der Waals surface area (Å²) in [5, 5.41) is 3.47. The van der Waals surface area contributed by atoms with Crippen molar-refractivity contribution in [3.63, 3.8) is 0 Å². The first-order valence-corrected chi connectivity index (χ1v) is 6.13. The third-order valence-corrected chi connectivity index (χ3v) is 2.85. The lowest BCUT2D eigenvalue weighted by Gasteiger charge is -2.12. The van der Waals surface area contributed by atoms with Crippen molar-refractivity contribution >= 4 is 0 Å². The quantitative estimate of drug-likeness (QED) is 0.823. The molecule has 0 saturated heterocycles. The summed E-state index contributed by atoms with van der Waals surface area (Å²) in [6, 6.07) is 11.3. The van der Waals surface area contributed by atoms with Gasteiger partial charge in [-0.3, -0.25) is 0 Å². The lowest BCUT2D eigenvalue weighted by molar-refractivity contribution is 0.589. The van der Waals surface area contributed by atoms with E-state index in [0.29, 0.717) is 6.04 Å². The molecular weight excluding hydrogens is 208 g/mol. The van der Waals surface area contributed by atoms with Gasteiger partial charge in [0.25, 0.3) is 0 Å². The molecule has 0 bridgehead atoms. The van der Waals surface area contributed by atoms with Gasteiger partial charge in [0.15, 0.2) is 0 Å². The molecule has 90 valence electrons. The van der Waals surface area contributed by atoms with Crippen molar-refractivity contribution in [1.29, 1.82) is 0 Å². The highest BCUT2D eigenvalue weighted by molar-refractivity contribution is 5.64. The van der Waals surface area contributed by atoms with Gasteiger partial charge in [0.1, 0.15) is 0 Å². The highest BCUT2D eigenvalue weighted by Crippen LogP contribution is 2.23. The fourth-order valence-corrected chi connectivity index (χ4v) is 1.91. The second kappa shape index (κ2) is 5.19. The lowest BCUT2D eigenvalue weighted by Crippen LogP contribution is -2.22. The van der Waals surface area contributed by atoms with E-state index in [1.165, 1.54) is 22.4 Å². The van der Waals surface area contributed by atoms with E-state index in [1.807, 2.05) is 12.3 Å². The van der Waals surface area contributed by atoms with Crippen molar-refractivity contribution in [2.24, 2.45) is 0 Å². The largest absolute Gasteiger partial charge is 0.361 e. The van der Waals surface area contributed by atoms with Crippen LogP contribution in [0.15, 0.2) is 36.5 Å². The maximum atomic E-state index is 3.47. The molecule has 2 aromatic rings. The van der Waals surface area contributed by atoms with Crippen molar-refractivity contribution < 1.29 is 0 Å². The number of aromatic amines is 1. The summed E-state index contributed by atoms with van der Waals surface area (Å²) in [6.45, 7) is 7.38. The molecule has 0 saturated carbocycles. The predicted octanol–water partition coefficient (Wildman–Crippen LogP) is 3.49. The fourth-order valence-electron chi connectivity index (χ4n) is 1.91. The van der Waals surface area contributed by atoms with Gasteiger partial charge in [0.05, 0.1) is 0 Å². The van der Waals surface area contributed by atoms with E-state index in [4.69, 9.17) is 0 Å². The number of hydrogen-bond donors (Lipinski definition) is 2. The Balaban J connectivity index is 2.31. The molecule has 2 heteroatoms. The first-order valence-electron chi connectivity index (χ1n) is 6.13. The number of H-pyrrole nitrogens is 1. The summed E-state index contributed by atoms with van der Waals surface area (Å²) in [5.74, 6) is 0. The number of hydrogen-bond acceptors (Lipinski definition) is 1. The molecule has 1 heterocycles. The summed E-state index contributed by atoms with van der Waals surface area (Å²) in [5.41, 5.74) is 5.12. The zero-order chi connectivity index (χ0) is 12.3. The first-order chi connectivity index (χ1) is 8.16. The molecule has 0 amide bonds. The highest BCUT2D eigenvalue weighted by atomic mass is 14.9. The first kappa shape index (κ1) is 11.9. The molecule has 2 nitrogen and oxygen atoms in total. The summed E-state index contributed by atoms with van der Waals surface area (Å²) in [4.78, 5) is 3.28. The van der Waals surface area contributed by atoms with Gasteiger partial charge in [-0.05, 0) is 30.7 Å². The maximum Gasteiger partial charge on any atom is 0.0457 e. The molecule has 2 N–H and O–H groups in total. The average molecular weight is 228 g/mol. The van der Waals surface area contributed by atoms with Crippen LogP contribution in [0.5, 0.6) is 0 Å². The number of nitrogens with one attached hydrogen (secondary N) is 2. The van der Waals surface area contributed by atoms with E-state index >= 15 is 0 Å². The van der Waals surface area contributed by atoms with E-state index in [2.05, 4.69) is 55.3 Å². The third kappa shape index (κ3) is 2.98. The van der Waals surface area contributed by atoms with Crippen LogP contribution in [-0.2, 0) is 6.54 Å². The van der Waals surface area contributed by atoms with Crippen LogP contribution in [0.4, 0.5) is 0 Å². The zero-order valence-corrected chi connectivity index (χ0v) is 10.7. The topological polar surface area (TPSA) is 27.8 Å². The molecule has 1 aromatic heterocycles. The van der Waals surface area contributed by atoms with Crippen molar-refractivity contribution in [3.8, 4) is 11.3 Å². The molecule has 0 aliphatic rings. The Bertz CT molecular complexity index is 470. The Morgan fingerprint density at radius 3 is 2.71 bits per heavy atom. The molecule has 0 atom stereocenters. The summed E-state index contributed by atoms with van der Waals surface area (Å²) >= 11 is 0. The summed E-state index contributed by atoms with van der Waals surface area (Å²) < 4.78 is 0. The SMILES string of the molecule is Cc1ccc(CNC(C)C)c(-c2ccc[nH]2)c1. The number of benzene rings is 1. The number of aryl methyl sites for hydroxylation is 1. The maximum absolute atomic E-state index is 3.47. The van der Waals surface area contributed by atoms with Gasteiger partial charge in [0.2, 0.25) is 0 Å². The monoisotopic (exact) mass is 228 g/mol. The van der Waals surface area contributed by atoms with Crippen LogP contribution in [-0.4, -0.2) is 11.0 Å². The van der Waals surface area contributed by atoms with Crippen molar-refractivity contribution in [1.82, 2.24) is 10.3 Å². The lowest BCUT2D eigenvalue weighted by atomic mass is 10.0. The minimum atomic E-state index is 0.507. The number of rotatable bonds is 4. The molecule has 0 aliphatic carbocycles. The predicted molar refractivity (Wildman–Crippen MR) is 72.9 cm³/mol. The van der Waals surface area contributed by atoms with Gasteiger partial charge in [-0.2, -0.15) is 0 Å². The minimum absolute atomic E-state index is 0.507. The van der Waals surface area contributed by atoms with Crippen LogP contribution in [0.3, 0.4) is 0 Å². The molecule has 0 fully saturated rings. The van der Waals surface area contributed by atoms with Gasteiger partial charge >= 0.3 is 0 Å². The summed E-state index contributed by atoms with van der Waals surface area (Å²) in [7, 11) is 0. The van der Waals surface area contributed by atoms with Crippen molar-refractivity contribution in [2.75, 3.05) is 0 Å². The van der Waals surface area contributed by atoms with E-state index in [-0.39, 0.29) is 0 Å². The Kier molecular flexibility index (Phi) is 3.64. The van der Waals surface area contributed by atoms with E-state index in [1.54, 1.807) is 0 Å². The van der Waals surface area contributed by atoms with Crippen LogP contribution < -0.4 is 5.32 Å². The Labute approximate surface area is 103 Å². The standard InChI is InChI=1S/C15H20N2/c1-11(2)17-10-13-7-6-12(3)9-14(13)15-5-4-8-16-15/h4-9,11,16-17H,10H2,1-3H3. The molecule has 0 radical (unpaired) electrons. The van der Waals surface area contributed by atoms with Crippen LogP contribution >= 0.6 is 0 Å². The van der Waals surface area contributed by atoms with Gasteiger partial charge in [-0.1, -0.05) is 31.5 Å². The van der Waals surface area contributed by atoms with Gasteiger partial charge in [0, 0.05) is 30.0 Å². The van der Waals surface area contributed by atoms with Crippen LogP contribution in [0, 0.1) is 6.92 Å². The van der Waals surface area contributed by atoms with Gasteiger partial charge in [-0.15, -0.1) is 0 Å². The third-order valence-electron chi connectivity index (χ3n) is 2.85. The molecule has 0 unspecified atom stereocenters. The Morgan fingerprint density at radius 1 is 1.24 bits per heavy atom. The van der Waals surface area contributed by atoms with Gasteiger partial charge < -0.3 is 10.3 Å². The minimum Gasteiger partial charge on any atom is -0.361 e. The number of aromatic nitrogens is 1. The molecule has 0 aliphatic heterocycles.